The van der Waals surface area contributed by atoms with Crippen LogP contribution in [0.3, 0.4) is 0 Å². The molecule has 1 rings (SSSR count). The maximum atomic E-state index is 11.2. The number of thiophene rings is 1. The summed E-state index contributed by atoms with van der Waals surface area (Å²) in [7, 11) is 1.62. The third-order valence-electron chi connectivity index (χ3n) is 2.46. The molecule has 110 valence electrons. The van der Waals surface area contributed by atoms with Gasteiger partial charge >= 0.3 is 0 Å². The Morgan fingerprint density at radius 2 is 2.20 bits per heavy atom. The molecule has 0 aromatic carbocycles. The van der Waals surface area contributed by atoms with Crippen LogP contribution in [0.4, 0.5) is 10.7 Å². The first kappa shape index (κ1) is 16.2. The Morgan fingerprint density at radius 3 is 2.80 bits per heavy atom. The summed E-state index contributed by atoms with van der Waals surface area (Å²) < 4.78 is 10.2. The molecule has 0 fully saturated rings. The van der Waals surface area contributed by atoms with E-state index in [1.807, 2.05) is 6.07 Å². The van der Waals surface area contributed by atoms with Gasteiger partial charge in [0.05, 0.1) is 18.9 Å². The third kappa shape index (κ3) is 4.38. The van der Waals surface area contributed by atoms with Gasteiger partial charge in [0.15, 0.2) is 0 Å². The summed E-state index contributed by atoms with van der Waals surface area (Å²) in [5.74, 6) is -0.625. The molecule has 7 nitrogen and oxygen atoms in total. The van der Waals surface area contributed by atoms with Gasteiger partial charge in [-0.1, -0.05) is 0 Å². The number of hydrogen-bond acceptors (Lipinski definition) is 7. The molecule has 0 saturated heterocycles. The standard InChI is InChI=1S/C12H18N4O3S/c1-18-5-6-19-4-2-3-16-12-8(7-13)9(14)10(20-12)11(15)17/h16H,2-6,14H2,1H3,(H2,15,17). The van der Waals surface area contributed by atoms with E-state index in [1.165, 1.54) is 0 Å². The van der Waals surface area contributed by atoms with Gasteiger partial charge < -0.3 is 26.3 Å². The van der Waals surface area contributed by atoms with Crippen LogP contribution in [0.1, 0.15) is 21.7 Å². The number of amides is 1. The van der Waals surface area contributed by atoms with E-state index in [4.69, 9.17) is 26.2 Å². The van der Waals surface area contributed by atoms with Crippen molar-refractivity contribution < 1.29 is 14.3 Å². The van der Waals surface area contributed by atoms with Gasteiger partial charge in [0.1, 0.15) is 21.5 Å². The molecule has 0 bridgehead atoms. The minimum atomic E-state index is -0.625. The second-order valence-corrected chi connectivity index (χ2v) is 4.93. The molecule has 0 unspecified atom stereocenters. The second-order valence-electron chi connectivity index (χ2n) is 3.91. The summed E-state index contributed by atoms with van der Waals surface area (Å²) in [4.78, 5) is 11.4. The number of ether oxygens (including phenoxy) is 2. The molecular weight excluding hydrogens is 280 g/mol. The van der Waals surface area contributed by atoms with Gasteiger partial charge in [-0.2, -0.15) is 5.26 Å². The molecule has 0 spiro atoms. The lowest BCUT2D eigenvalue weighted by molar-refractivity contribution is 0.0705. The largest absolute Gasteiger partial charge is 0.396 e. The number of primary amides is 1. The van der Waals surface area contributed by atoms with E-state index in [0.29, 0.717) is 31.4 Å². The molecular formula is C12H18N4O3S. The lowest BCUT2D eigenvalue weighted by Crippen LogP contribution is -2.10. The molecule has 0 radical (unpaired) electrons. The molecule has 1 aromatic heterocycles. The molecule has 5 N–H and O–H groups in total. The van der Waals surface area contributed by atoms with E-state index in [9.17, 15) is 4.79 Å². The van der Waals surface area contributed by atoms with Crippen LogP contribution in [-0.4, -0.2) is 39.4 Å². The minimum Gasteiger partial charge on any atom is -0.396 e. The summed E-state index contributed by atoms with van der Waals surface area (Å²) in [5, 5.41) is 12.7. The van der Waals surface area contributed by atoms with Crippen molar-refractivity contribution in [2.24, 2.45) is 5.73 Å². The zero-order valence-corrected chi connectivity index (χ0v) is 12.1. The van der Waals surface area contributed by atoms with Crippen LogP contribution in [0.2, 0.25) is 0 Å². The molecule has 1 heterocycles. The van der Waals surface area contributed by atoms with Crippen molar-refractivity contribution >= 4 is 27.9 Å². The topological polar surface area (TPSA) is 123 Å². The Balaban J connectivity index is 2.46. The van der Waals surface area contributed by atoms with Crippen molar-refractivity contribution in [3.63, 3.8) is 0 Å². The monoisotopic (exact) mass is 298 g/mol. The Bertz CT molecular complexity index is 496. The molecule has 0 atom stereocenters. The highest BCUT2D eigenvalue weighted by molar-refractivity contribution is 7.18. The number of nitrogen functional groups attached to an aromatic ring is 1. The normalized spacial score (nSPS) is 10.2. The SMILES string of the molecule is COCCOCCCNc1sc(C(N)=O)c(N)c1C#N. The van der Waals surface area contributed by atoms with E-state index in [0.717, 1.165) is 17.8 Å². The zero-order valence-electron chi connectivity index (χ0n) is 11.3. The number of methoxy groups -OCH3 is 1. The van der Waals surface area contributed by atoms with Gasteiger partial charge in [-0.05, 0) is 6.42 Å². The maximum Gasteiger partial charge on any atom is 0.261 e. The van der Waals surface area contributed by atoms with Gasteiger partial charge in [0, 0.05) is 20.3 Å². The van der Waals surface area contributed by atoms with Crippen LogP contribution in [-0.2, 0) is 9.47 Å². The summed E-state index contributed by atoms with van der Waals surface area (Å²) in [5.41, 5.74) is 11.3. The smallest absolute Gasteiger partial charge is 0.261 e. The lowest BCUT2D eigenvalue weighted by atomic mass is 10.2. The predicted molar refractivity (Wildman–Crippen MR) is 77.8 cm³/mol. The number of carbonyl (C=O) groups excluding carboxylic acids is 1. The summed E-state index contributed by atoms with van der Waals surface area (Å²) >= 11 is 1.10. The van der Waals surface area contributed by atoms with Crippen LogP contribution >= 0.6 is 11.3 Å². The third-order valence-corrected chi connectivity index (χ3v) is 3.64. The van der Waals surface area contributed by atoms with Crippen LogP contribution in [0.5, 0.6) is 0 Å². The van der Waals surface area contributed by atoms with Gasteiger partial charge in [-0.3, -0.25) is 4.79 Å². The number of nitrogens with two attached hydrogens (primary N) is 2. The Morgan fingerprint density at radius 1 is 1.45 bits per heavy atom. The van der Waals surface area contributed by atoms with Crippen LogP contribution in [0, 0.1) is 11.3 Å². The first-order valence-electron chi connectivity index (χ1n) is 6.04. The highest BCUT2D eigenvalue weighted by atomic mass is 32.1. The van der Waals surface area contributed by atoms with E-state index >= 15 is 0 Å². The van der Waals surface area contributed by atoms with Crippen molar-refractivity contribution in [2.45, 2.75) is 6.42 Å². The first-order chi connectivity index (χ1) is 9.61. The van der Waals surface area contributed by atoms with Crippen molar-refractivity contribution in [1.29, 1.82) is 5.26 Å². The number of rotatable bonds is 9. The second kappa shape index (κ2) is 8.37. The van der Waals surface area contributed by atoms with Gasteiger partial charge in [0.2, 0.25) is 0 Å². The van der Waals surface area contributed by atoms with E-state index in [1.54, 1.807) is 7.11 Å². The van der Waals surface area contributed by atoms with Gasteiger partial charge in [0.25, 0.3) is 5.91 Å². The quantitative estimate of drug-likeness (QED) is 0.578. The van der Waals surface area contributed by atoms with Crippen LogP contribution < -0.4 is 16.8 Å². The fourth-order valence-corrected chi connectivity index (χ4v) is 2.43. The van der Waals surface area contributed by atoms with E-state index in [-0.39, 0.29) is 16.1 Å². The molecule has 0 aliphatic carbocycles. The number of nitrogens with zero attached hydrogens (tertiary/aromatic N) is 1. The molecule has 8 heteroatoms. The van der Waals surface area contributed by atoms with E-state index in [2.05, 4.69) is 5.32 Å². The molecule has 1 aromatic rings. The number of carbonyl (C=O) groups is 1. The summed E-state index contributed by atoms with van der Waals surface area (Å²) in [6.07, 6.45) is 0.762. The fraction of sp³-hybridized carbons (Fsp3) is 0.500. The van der Waals surface area contributed by atoms with Crippen molar-refractivity contribution in [3.05, 3.63) is 10.4 Å². The van der Waals surface area contributed by atoms with Gasteiger partial charge in [-0.15, -0.1) is 11.3 Å². The Labute approximate surface area is 121 Å². The predicted octanol–water partition coefficient (Wildman–Crippen LogP) is 0.766. The van der Waals surface area contributed by atoms with Gasteiger partial charge in [-0.25, -0.2) is 0 Å². The van der Waals surface area contributed by atoms with Crippen molar-refractivity contribution in [1.82, 2.24) is 0 Å². The number of nitriles is 1. The highest BCUT2D eigenvalue weighted by Crippen LogP contribution is 2.34. The molecule has 0 aliphatic heterocycles. The Kier molecular flexibility index (Phi) is 6.79. The Hall–Kier alpha value is -1.82. The number of anilines is 2. The summed E-state index contributed by atoms with van der Waals surface area (Å²) in [6.45, 7) is 2.31. The van der Waals surface area contributed by atoms with Crippen molar-refractivity contribution in [3.8, 4) is 6.07 Å². The van der Waals surface area contributed by atoms with Crippen molar-refractivity contribution in [2.75, 3.05) is 44.5 Å². The molecule has 0 aliphatic rings. The van der Waals surface area contributed by atoms with Crippen LogP contribution in [0.25, 0.3) is 0 Å². The number of hydrogen-bond donors (Lipinski definition) is 3. The minimum absolute atomic E-state index is 0.142. The fourth-order valence-electron chi connectivity index (χ4n) is 1.48. The lowest BCUT2D eigenvalue weighted by Gasteiger charge is -2.05. The molecule has 0 saturated carbocycles. The van der Waals surface area contributed by atoms with Crippen LogP contribution in [0.15, 0.2) is 0 Å². The maximum absolute atomic E-state index is 11.2. The molecule has 20 heavy (non-hydrogen) atoms. The molecule has 1 amide bonds. The van der Waals surface area contributed by atoms with E-state index < -0.39 is 5.91 Å². The number of nitrogens with one attached hydrogen (secondary N) is 1. The summed E-state index contributed by atoms with van der Waals surface area (Å²) in [6, 6.07) is 1.98. The first-order valence-corrected chi connectivity index (χ1v) is 6.86. The highest BCUT2D eigenvalue weighted by Gasteiger charge is 2.18. The average molecular weight is 298 g/mol. The zero-order chi connectivity index (χ0) is 15.0. The average Bonchev–Trinajstić information content (AvgIpc) is 2.74.